The highest BCUT2D eigenvalue weighted by Crippen LogP contribution is 2.29. The minimum atomic E-state index is -4.56. The number of hydrogen-bond acceptors (Lipinski definition) is 5. The van der Waals surface area contributed by atoms with Crippen molar-refractivity contribution in [3.8, 4) is 11.7 Å². The minimum absolute atomic E-state index is 0.0583. The zero-order valence-electron chi connectivity index (χ0n) is 15.9. The molecule has 0 atom stereocenters. The number of benzene rings is 2. The van der Waals surface area contributed by atoms with E-state index < -0.39 is 23.3 Å². The standard InChI is InChI=1S/C19H17F3N4O4/c1-25-18(28)26(17(23-25)29-2)15-9-4-3-6-13(15)11-30-24-16(27)12-7-5-8-14(10-12)19(20,21)22/h3-10H,11H2,1-2H3,(H,24,27). The molecular weight excluding hydrogens is 405 g/mol. The van der Waals surface area contributed by atoms with Gasteiger partial charge in [0.1, 0.15) is 6.61 Å². The highest BCUT2D eigenvalue weighted by Gasteiger charge is 2.30. The van der Waals surface area contributed by atoms with Crippen LogP contribution in [0.3, 0.4) is 0 Å². The molecule has 1 heterocycles. The number of aryl methyl sites for hydroxylation is 1. The number of hydrogen-bond donors (Lipinski definition) is 1. The first-order chi connectivity index (χ1) is 14.2. The summed E-state index contributed by atoms with van der Waals surface area (Å²) in [5.41, 5.74) is 1.44. The number of carbonyl (C=O) groups excluding carboxylic acids is 1. The SMILES string of the molecule is COc1nn(C)c(=O)n1-c1ccccc1CONC(=O)c1cccc(C(F)(F)F)c1. The van der Waals surface area contributed by atoms with Crippen LogP contribution in [0.2, 0.25) is 0 Å². The Kier molecular flexibility index (Phi) is 5.92. The molecule has 3 aromatic rings. The number of halogens is 3. The zero-order chi connectivity index (χ0) is 21.9. The molecule has 0 spiro atoms. The van der Waals surface area contributed by atoms with E-state index in [-0.39, 0.29) is 18.2 Å². The lowest BCUT2D eigenvalue weighted by molar-refractivity contribution is -0.137. The molecule has 30 heavy (non-hydrogen) atoms. The van der Waals surface area contributed by atoms with Crippen molar-refractivity contribution in [2.45, 2.75) is 12.8 Å². The molecule has 1 aromatic heterocycles. The summed E-state index contributed by atoms with van der Waals surface area (Å²) in [5, 5.41) is 3.96. The fraction of sp³-hybridized carbons (Fsp3) is 0.211. The number of nitrogens with zero attached hydrogens (tertiary/aromatic N) is 3. The van der Waals surface area contributed by atoms with Crippen molar-refractivity contribution in [2.75, 3.05) is 7.11 Å². The second-order valence-corrected chi connectivity index (χ2v) is 6.16. The summed E-state index contributed by atoms with van der Waals surface area (Å²) in [5.74, 6) is -0.838. The molecule has 0 aliphatic rings. The lowest BCUT2D eigenvalue weighted by Gasteiger charge is -2.12. The van der Waals surface area contributed by atoms with Crippen LogP contribution < -0.4 is 15.9 Å². The summed E-state index contributed by atoms with van der Waals surface area (Å²) in [6.45, 7) is -0.161. The van der Waals surface area contributed by atoms with Crippen LogP contribution in [0.1, 0.15) is 21.5 Å². The van der Waals surface area contributed by atoms with Crippen molar-refractivity contribution >= 4 is 5.91 Å². The first-order valence-corrected chi connectivity index (χ1v) is 8.60. The maximum Gasteiger partial charge on any atom is 0.416 e. The van der Waals surface area contributed by atoms with Gasteiger partial charge in [0.15, 0.2) is 0 Å². The Balaban J connectivity index is 1.76. The maximum atomic E-state index is 12.8. The summed E-state index contributed by atoms with van der Waals surface area (Å²) >= 11 is 0. The first kappa shape index (κ1) is 21.1. The quantitative estimate of drug-likeness (QED) is 0.617. The Morgan fingerprint density at radius 1 is 1.17 bits per heavy atom. The van der Waals surface area contributed by atoms with Crippen molar-refractivity contribution in [1.29, 1.82) is 0 Å². The number of rotatable bonds is 6. The maximum absolute atomic E-state index is 12.8. The van der Waals surface area contributed by atoms with Gasteiger partial charge in [0, 0.05) is 18.2 Å². The van der Waals surface area contributed by atoms with E-state index in [1.54, 1.807) is 24.3 Å². The van der Waals surface area contributed by atoms with Crippen molar-refractivity contribution in [3.05, 3.63) is 75.7 Å². The molecule has 0 aliphatic carbocycles. The number of amides is 1. The topological polar surface area (TPSA) is 87.4 Å². The van der Waals surface area contributed by atoms with Crippen LogP contribution in [0.25, 0.3) is 5.69 Å². The van der Waals surface area contributed by atoms with Crippen molar-refractivity contribution < 1.29 is 27.5 Å². The number of nitrogens with one attached hydrogen (secondary N) is 1. The van der Waals surface area contributed by atoms with Crippen molar-refractivity contribution in [3.63, 3.8) is 0 Å². The fourth-order valence-electron chi connectivity index (χ4n) is 2.71. The molecule has 0 unspecified atom stereocenters. The molecule has 0 radical (unpaired) electrons. The minimum Gasteiger partial charge on any atom is -0.467 e. The van der Waals surface area contributed by atoms with E-state index in [1.807, 2.05) is 0 Å². The number of methoxy groups -OCH3 is 1. The van der Waals surface area contributed by atoms with Crippen molar-refractivity contribution in [1.82, 2.24) is 19.8 Å². The van der Waals surface area contributed by atoms with Crippen LogP contribution in [-0.4, -0.2) is 27.4 Å². The summed E-state index contributed by atoms with van der Waals surface area (Å²) in [6, 6.07) is 10.7. The molecule has 0 bridgehead atoms. The predicted octanol–water partition coefficient (Wildman–Crippen LogP) is 2.46. The number of ether oxygens (including phenoxy) is 1. The molecule has 1 amide bonds. The molecule has 0 aliphatic heterocycles. The van der Waals surface area contributed by atoms with Crippen LogP contribution in [0.5, 0.6) is 6.01 Å². The summed E-state index contributed by atoms with van der Waals surface area (Å²) in [7, 11) is 2.84. The third kappa shape index (κ3) is 4.35. The van der Waals surface area contributed by atoms with E-state index in [0.29, 0.717) is 11.3 Å². The van der Waals surface area contributed by atoms with Crippen LogP contribution in [-0.2, 0) is 24.7 Å². The summed E-state index contributed by atoms with van der Waals surface area (Å²) < 4.78 is 45.9. The smallest absolute Gasteiger partial charge is 0.416 e. The zero-order valence-corrected chi connectivity index (χ0v) is 15.9. The second-order valence-electron chi connectivity index (χ2n) is 6.16. The van der Waals surface area contributed by atoms with Gasteiger partial charge < -0.3 is 4.74 Å². The van der Waals surface area contributed by atoms with E-state index in [4.69, 9.17) is 9.57 Å². The molecule has 0 fully saturated rings. The van der Waals surface area contributed by atoms with E-state index in [0.717, 1.165) is 22.9 Å². The number of hydroxylamine groups is 1. The highest BCUT2D eigenvalue weighted by atomic mass is 19.4. The lowest BCUT2D eigenvalue weighted by Crippen LogP contribution is -2.25. The number of para-hydroxylation sites is 1. The monoisotopic (exact) mass is 422 g/mol. The van der Waals surface area contributed by atoms with E-state index >= 15 is 0 Å². The van der Waals surface area contributed by atoms with Gasteiger partial charge in [0.2, 0.25) is 0 Å². The third-order valence-corrected chi connectivity index (χ3v) is 4.15. The molecular formula is C19H17F3N4O4. The van der Waals surface area contributed by atoms with Gasteiger partial charge in [-0.25, -0.2) is 19.5 Å². The van der Waals surface area contributed by atoms with E-state index in [9.17, 15) is 22.8 Å². The first-order valence-electron chi connectivity index (χ1n) is 8.60. The van der Waals surface area contributed by atoms with E-state index in [2.05, 4.69) is 10.6 Å². The average Bonchev–Trinajstić information content (AvgIpc) is 3.01. The summed E-state index contributed by atoms with van der Waals surface area (Å²) in [4.78, 5) is 29.7. The Bertz CT molecular complexity index is 1120. The fourth-order valence-corrected chi connectivity index (χ4v) is 2.71. The Hall–Kier alpha value is -3.60. The van der Waals surface area contributed by atoms with Crippen LogP contribution >= 0.6 is 0 Å². The Morgan fingerprint density at radius 2 is 1.90 bits per heavy atom. The van der Waals surface area contributed by atoms with Crippen LogP contribution in [0, 0.1) is 0 Å². The lowest BCUT2D eigenvalue weighted by atomic mass is 10.1. The Labute approximate surface area is 168 Å². The number of carbonyl (C=O) groups is 1. The van der Waals surface area contributed by atoms with Gasteiger partial charge in [-0.15, -0.1) is 5.10 Å². The third-order valence-electron chi connectivity index (χ3n) is 4.15. The average molecular weight is 422 g/mol. The van der Waals surface area contributed by atoms with Gasteiger partial charge in [0.05, 0.1) is 18.4 Å². The summed E-state index contributed by atoms with van der Waals surface area (Å²) in [6.07, 6.45) is -4.56. The van der Waals surface area contributed by atoms with Crippen LogP contribution in [0.4, 0.5) is 13.2 Å². The Morgan fingerprint density at radius 3 is 2.60 bits per heavy atom. The molecule has 0 saturated carbocycles. The number of aromatic nitrogens is 3. The predicted molar refractivity (Wildman–Crippen MR) is 99.1 cm³/mol. The second kappa shape index (κ2) is 8.41. The van der Waals surface area contributed by atoms with Crippen LogP contribution in [0.15, 0.2) is 53.3 Å². The molecule has 11 heteroatoms. The normalized spacial score (nSPS) is 11.4. The van der Waals surface area contributed by atoms with Gasteiger partial charge in [-0.2, -0.15) is 13.2 Å². The molecule has 2 aromatic carbocycles. The molecule has 0 saturated heterocycles. The largest absolute Gasteiger partial charge is 0.467 e. The molecule has 158 valence electrons. The molecule has 1 N–H and O–H groups in total. The van der Waals surface area contributed by atoms with Gasteiger partial charge in [0.25, 0.3) is 5.91 Å². The van der Waals surface area contributed by atoms with E-state index in [1.165, 1.54) is 24.8 Å². The molecule has 3 rings (SSSR count). The van der Waals surface area contributed by atoms with Gasteiger partial charge in [-0.1, -0.05) is 24.3 Å². The molecule has 8 nitrogen and oxygen atoms in total. The number of alkyl halides is 3. The van der Waals surface area contributed by atoms with Gasteiger partial charge in [-0.3, -0.25) is 9.63 Å². The van der Waals surface area contributed by atoms with Crippen molar-refractivity contribution in [2.24, 2.45) is 7.05 Å². The van der Waals surface area contributed by atoms with Gasteiger partial charge in [-0.05, 0) is 24.3 Å². The highest BCUT2D eigenvalue weighted by molar-refractivity contribution is 5.93. The van der Waals surface area contributed by atoms with Gasteiger partial charge >= 0.3 is 17.9 Å².